The van der Waals surface area contributed by atoms with Gasteiger partial charge in [0.1, 0.15) is 5.75 Å². The maximum Gasteiger partial charge on any atom is 0.258 e. The Bertz CT molecular complexity index is 942. The highest BCUT2D eigenvalue weighted by atomic mass is 35.5. The lowest BCUT2D eigenvalue weighted by Crippen LogP contribution is -2.31. The van der Waals surface area contributed by atoms with Crippen molar-refractivity contribution < 1.29 is 17.9 Å². The van der Waals surface area contributed by atoms with Crippen molar-refractivity contribution in [1.29, 1.82) is 0 Å². The molecule has 1 N–H and O–H groups in total. The normalized spacial score (nSPS) is 12.6. The molecule has 0 unspecified atom stereocenters. The molecule has 8 heteroatoms. The molecule has 0 aliphatic carbocycles. The molecule has 0 saturated heterocycles. The number of nitrogens with zero attached hydrogens (tertiary/aromatic N) is 1. The van der Waals surface area contributed by atoms with E-state index < -0.39 is 10.0 Å². The van der Waals surface area contributed by atoms with Gasteiger partial charge in [0.05, 0.1) is 10.9 Å². The molecule has 0 bridgehead atoms. The van der Waals surface area contributed by atoms with E-state index in [0.29, 0.717) is 29.4 Å². The Hall–Kier alpha value is -2.09. The minimum atomic E-state index is -3.53. The van der Waals surface area contributed by atoms with Gasteiger partial charge >= 0.3 is 0 Å². The summed E-state index contributed by atoms with van der Waals surface area (Å²) in [5, 5.41) is 3.50. The highest BCUT2D eigenvalue weighted by molar-refractivity contribution is 7.89. The molecular formula is C21H27ClN2O4S. The molecule has 0 aliphatic rings. The van der Waals surface area contributed by atoms with E-state index in [4.69, 9.17) is 16.3 Å². The van der Waals surface area contributed by atoms with Crippen LogP contribution in [0.5, 0.6) is 5.75 Å². The van der Waals surface area contributed by atoms with Crippen molar-refractivity contribution in [2.45, 2.75) is 38.6 Å². The fourth-order valence-corrected chi connectivity index (χ4v) is 4.59. The fraction of sp³-hybridized carbons (Fsp3) is 0.381. The topological polar surface area (TPSA) is 75.7 Å². The fourth-order valence-electron chi connectivity index (χ4n) is 2.92. The number of sulfonamides is 1. The highest BCUT2D eigenvalue weighted by Gasteiger charge is 2.22. The Morgan fingerprint density at radius 1 is 1.14 bits per heavy atom. The summed E-state index contributed by atoms with van der Waals surface area (Å²) in [6.07, 6.45) is 0. The second-order valence-corrected chi connectivity index (χ2v) is 9.02. The van der Waals surface area contributed by atoms with Gasteiger partial charge in [-0.2, -0.15) is 4.31 Å². The van der Waals surface area contributed by atoms with Crippen molar-refractivity contribution in [2.75, 3.05) is 19.7 Å². The Morgan fingerprint density at radius 2 is 1.76 bits per heavy atom. The first-order valence-corrected chi connectivity index (χ1v) is 11.3. The lowest BCUT2D eigenvalue weighted by molar-refractivity contribution is -0.123. The van der Waals surface area contributed by atoms with Crippen LogP contribution in [-0.2, 0) is 14.8 Å². The van der Waals surface area contributed by atoms with E-state index in [0.717, 1.165) is 5.56 Å². The number of benzene rings is 2. The Balaban J connectivity index is 2.00. The second kappa shape index (κ2) is 10.1. The van der Waals surface area contributed by atoms with Crippen LogP contribution in [0.3, 0.4) is 0 Å². The van der Waals surface area contributed by atoms with Gasteiger partial charge < -0.3 is 10.1 Å². The molecule has 0 saturated carbocycles. The van der Waals surface area contributed by atoms with E-state index in [1.54, 1.807) is 45.0 Å². The molecule has 2 rings (SSSR count). The molecule has 0 aliphatic heterocycles. The molecule has 29 heavy (non-hydrogen) atoms. The Kier molecular flexibility index (Phi) is 8.07. The summed E-state index contributed by atoms with van der Waals surface area (Å²) < 4.78 is 32.2. The zero-order chi connectivity index (χ0) is 21.6. The molecule has 0 spiro atoms. The predicted molar refractivity (Wildman–Crippen MR) is 115 cm³/mol. The summed E-state index contributed by atoms with van der Waals surface area (Å²) in [7, 11) is -3.53. The van der Waals surface area contributed by atoms with Crippen molar-refractivity contribution in [2.24, 2.45) is 0 Å². The van der Waals surface area contributed by atoms with Crippen LogP contribution in [-0.4, -0.2) is 38.3 Å². The first kappa shape index (κ1) is 23.2. The van der Waals surface area contributed by atoms with E-state index in [2.05, 4.69) is 5.32 Å². The van der Waals surface area contributed by atoms with Crippen LogP contribution in [0, 0.1) is 6.92 Å². The number of hydrogen-bond donors (Lipinski definition) is 1. The highest BCUT2D eigenvalue weighted by Crippen LogP contribution is 2.24. The predicted octanol–water partition coefficient (Wildman–Crippen LogP) is 3.94. The van der Waals surface area contributed by atoms with E-state index in [1.165, 1.54) is 10.4 Å². The van der Waals surface area contributed by atoms with Crippen molar-refractivity contribution >= 4 is 27.5 Å². The zero-order valence-corrected chi connectivity index (χ0v) is 18.7. The van der Waals surface area contributed by atoms with Gasteiger partial charge in [-0.05, 0) is 55.3 Å². The van der Waals surface area contributed by atoms with Crippen molar-refractivity contribution in [3.05, 3.63) is 58.6 Å². The molecule has 0 heterocycles. The summed E-state index contributed by atoms with van der Waals surface area (Å²) in [5.74, 6) is 0.199. The summed E-state index contributed by atoms with van der Waals surface area (Å²) in [6.45, 7) is 7.87. The minimum Gasteiger partial charge on any atom is -0.484 e. The largest absolute Gasteiger partial charge is 0.484 e. The standard InChI is InChI=1S/C21H27ClN2O4S/c1-5-24(6-2)29(26,27)19-11-12-20(15(3)13-19)28-14-21(25)23-16(4)17-7-9-18(22)10-8-17/h7-13,16H,5-6,14H2,1-4H3,(H,23,25)/t16-/m0/s1. The van der Waals surface area contributed by atoms with E-state index in [1.807, 2.05) is 19.1 Å². The summed E-state index contributed by atoms with van der Waals surface area (Å²) in [6, 6.07) is 11.7. The van der Waals surface area contributed by atoms with Gasteiger partial charge in [-0.3, -0.25) is 4.79 Å². The maximum atomic E-state index is 12.6. The first-order chi connectivity index (χ1) is 13.7. The van der Waals surface area contributed by atoms with Crippen LogP contribution < -0.4 is 10.1 Å². The van der Waals surface area contributed by atoms with Crippen molar-refractivity contribution in [3.63, 3.8) is 0 Å². The summed E-state index contributed by atoms with van der Waals surface area (Å²) >= 11 is 5.88. The van der Waals surface area contributed by atoms with Crippen LogP contribution in [0.1, 0.15) is 37.9 Å². The Labute approximate surface area is 177 Å². The molecule has 1 amide bonds. The third-order valence-corrected chi connectivity index (χ3v) is 6.89. The SMILES string of the molecule is CCN(CC)S(=O)(=O)c1ccc(OCC(=O)N[C@@H](C)c2ccc(Cl)cc2)c(C)c1. The monoisotopic (exact) mass is 438 g/mol. The average molecular weight is 439 g/mol. The first-order valence-electron chi connectivity index (χ1n) is 9.47. The van der Waals surface area contributed by atoms with Crippen LogP contribution in [0.2, 0.25) is 5.02 Å². The van der Waals surface area contributed by atoms with E-state index in [-0.39, 0.29) is 23.5 Å². The third-order valence-electron chi connectivity index (χ3n) is 4.60. The molecule has 0 fully saturated rings. The minimum absolute atomic E-state index is 0.166. The average Bonchev–Trinajstić information content (AvgIpc) is 2.68. The molecule has 0 aromatic heterocycles. The summed E-state index contributed by atoms with van der Waals surface area (Å²) in [5.41, 5.74) is 1.58. The van der Waals surface area contributed by atoms with Crippen molar-refractivity contribution in [1.82, 2.24) is 9.62 Å². The van der Waals surface area contributed by atoms with Gasteiger partial charge in [0.2, 0.25) is 10.0 Å². The number of hydrogen-bond acceptors (Lipinski definition) is 4. The quantitative estimate of drug-likeness (QED) is 0.643. The molecule has 2 aromatic rings. The van der Waals surface area contributed by atoms with Crippen LogP contribution >= 0.6 is 11.6 Å². The lowest BCUT2D eigenvalue weighted by Gasteiger charge is -2.19. The third kappa shape index (κ3) is 5.95. The lowest BCUT2D eigenvalue weighted by atomic mass is 10.1. The molecule has 6 nitrogen and oxygen atoms in total. The number of rotatable bonds is 9. The number of nitrogens with one attached hydrogen (secondary N) is 1. The summed E-state index contributed by atoms with van der Waals surface area (Å²) in [4.78, 5) is 12.4. The maximum absolute atomic E-state index is 12.6. The second-order valence-electron chi connectivity index (χ2n) is 6.65. The van der Waals surface area contributed by atoms with Gasteiger partial charge in [0.15, 0.2) is 6.61 Å². The van der Waals surface area contributed by atoms with Gasteiger partial charge in [-0.1, -0.05) is 37.6 Å². The number of carbonyl (C=O) groups excluding carboxylic acids is 1. The van der Waals surface area contributed by atoms with Gasteiger partial charge in [0, 0.05) is 18.1 Å². The van der Waals surface area contributed by atoms with Gasteiger partial charge in [-0.25, -0.2) is 8.42 Å². The van der Waals surface area contributed by atoms with E-state index in [9.17, 15) is 13.2 Å². The van der Waals surface area contributed by atoms with Crippen LogP contribution in [0.15, 0.2) is 47.4 Å². The number of aryl methyl sites for hydroxylation is 1. The van der Waals surface area contributed by atoms with Gasteiger partial charge in [-0.15, -0.1) is 0 Å². The molecule has 158 valence electrons. The molecule has 0 radical (unpaired) electrons. The smallest absolute Gasteiger partial charge is 0.258 e. The number of carbonyl (C=O) groups is 1. The molecule has 1 atom stereocenters. The molecular weight excluding hydrogens is 412 g/mol. The van der Waals surface area contributed by atoms with Crippen LogP contribution in [0.4, 0.5) is 0 Å². The number of amides is 1. The zero-order valence-electron chi connectivity index (χ0n) is 17.1. The van der Waals surface area contributed by atoms with Crippen LogP contribution in [0.25, 0.3) is 0 Å². The number of ether oxygens (including phenoxy) is 1. The van der Waals surface area contributed by atoms with Crippen molar-refractivity contribution in [3.8, 4) is 5.75 Å². The number of halogens is 1. The van der Waals surface area contributed by atoms with E-state index >= 15 is 0 Å². The Morgan fingerprint density at radius 3 is 2.31 bits per heavy atom. The molecule has 2 aromatic carbocycles. The van der Waals surface area contributed by atoms with Gasteiger partial charge in [0.25, 0.3) is 5.91 Å².